The Hall–Kier alpha value is -1.09. The lowest BCUT2D eigenvalue weighted by molar-refractivity contribution is 0.136. The number of amides is 1. The summed E-state index contributed by atoms with van der Waals surface area (Å²) in [6.07, 6.45) is 4.31. The topological polar surface area (TPSA) is 71.2 Å². The molecular weight excluding hydrogens is 395 g/mol. The standard InChI is InChI=1S/C12H12ClIN4O2/c13-10-9-8(14)5-17(11(9)16-6-15-10)4-7-2-1-3-18(7)12(19)20/h5-7H,1-4H2,(H,19,20)/t7-/m1/s1. The number of fused-ring (bicyclic) bond motifs is 1. The molecule has 0 bridgehead atoms. The first-order valence-corrected chi connectivity index (χ1v) is 7.68. The molecule has 0 unspecified atom stereocenters. The summed E-state index contributed by atoms with van der Waals surface area (Å²) in [5.41, 5.74) is 0.756. The highest BCUT2D eigenvalue weighted by Crippen LogP contribution is 2.28. The molecule has 3 heterocycles. The molecule has 0 spiro atoms. The monoisotopic (exact) mass is 406 g/mol. The molecule has 6 nitrogen and oxygen atoms in total. The zero-order valence-corrected chi connectivity index (χ0v) is 13.4. The maximum Gasteiger partial charge on any atom is 0.407 e. The molecular formula is C12H12ClIN4O2. The Morgan fingerprint density at radius 1 is 1.55 bits per heavy atom. The van der Waals surface area contributed by atoms with Gasteiger partial charge < -0.3 is 14.6 Å². The number of hydrogen-bond donors (Lipinski definition) is 1. The minimum atomic E-state index is -0.855. The van der Waals surface area contributed by atoms with Crippen molar-refractivity contribution in [3.05, 3.63) is 21.2 Å². The van der Waals surface area contributed by atoms with Gasteiger partial charge in [-0.1, -0.05) is 11.6 Å². The molecule has 0 radical (unpaired) electrons. The van der Waals surface area contributed by atoms with Gasteiger partial charge in [0.2, 0.25) is 0 Å². The number of carboxylic acid groups (broad SMARTS) is 1. The van der Waals surface area contributed by atoms with Crippen molar-refractivity contribution in [2.24, 2.45) is 0 Å². The second-order valence-electron chi connectivity index (χ2n) is 4.76. The predicted molar refractivity (Wildman–Crippen MR) is 83.0 cm³/mol. The number of hydrogen-bond acceptors (Lipinski definition) is 3. The Morgan fingerprint density at radius 2 is 2.35 bits per heavy atom. The van der Waals surface area contributed by atoms with Gasteiger partial charge >= 0.3 is 6.09 Å². The highest BCUT2D eigenvalue weighted by atomic mass is 127. The van der Waals surface area contributed by atoms with Crippen molar-refractivity contribution in [2.45, 2.75) is 25.4 Å². The van der Waals surface area contributed by atoms with Crippen molar-refractivity contribution in [2.75, 3.05) is 6.54 Å². The molecule has 1 fully saturated rings. The number of carbonyl (C=O) groups is 1. The summed E-state index contributed by atoms with van der Waals surface area (Å²) in [6, 6.07) is -0.00681. The normalized spacial score (nSPS) is 18.9. The number of rotatable bonds is 2. The molecule has 106 valence electrons. The van der Waals surface area contributed by atoms with Gasteiger partial charge in [-0.05, 0) is 35.4 Å². The van der Waals surface area contributed by atoms with Crippen LogP contribution < -0.4 is 0 Å². The third kappa shape index (κ3) is 2.32. The predicted octanol–water partition coefficient (Wildman–Crippen LogP) is 2.83. The first-order valence-electron chi connectivity index (χ1n) is 6.22. The summed E-state index contributed by atoms with van der Waals surface area (Å²) < 4.78 is 2.94. The van der Waals surface area contributed by atoms with Gasteiger partial charge in [0, 0.05) is 22.9 Å². The fourth-order valence-corrected chi connectivity index (χ4v) is 3.91. The molecule has 1 N–H and O–H groups in total. The van der Waals surface area contributed by atoms with Crippen LogP contribution in [0.3, 0.4) is 0 Å². The van der Waals surface area contributed by atoms with Gasteiger partial charge in [0.15, 0.2) is 0 Å². The van der Waals surface area contributed by atoms with E-state index in [1.54, 1.807) is 0 Å². The molecule has 3 rings (SSSR count). The van der Waals surface area contributed by atoms with E-state index in [9.17, 15) is 9.90 Å². The smallest absolute Gasteiger partial charge is 0.407 e. The first kappa shape index (κ1) is 13.9. The largest absolute Gasteiger partial charge is 0.465 e. The minimum absolute atomic E-state index is 0.00681. The third-order valence-corrected chi connectivity index (χ3v) is 4.70. The van der Waals surface area contributed by atoms with Gasteiger partial charge in [-0.3, -0.25) is 0 Å². The number of aromatic nitrogens is 3. The maximum absolute atomic E-state index is 11.2. The van der Waals surface area contributed by atoms with E-state index < -0.39 is 6.09 Å². The van der Waals surface area contributed by atoms with Crippen LogP contribution in [0.15, 0.2) is 12.5 Å². The zero-order chi connectivity index (χ0) is 14.3. The molecule has 0 saturated carbocycles. The lowest BCUT2D eigenvalue weighted by Crippen LogP contribution is -2.36. The van der Waals surface area contributed by atoms with Crippen molar-refractivity contribution in [1.82, 2.24) is 19.4 Å². The number of halogens is 2. The van der Waals surface area contributed by atoms with Crippen LogP contribution in [0, 0.1) is 3.57 Å². The van der Waals surface area contributed by atoms with Crippen LogP contribution in [0.5, 0.6) is 0 Å². The van der Waals surface area contributed by atoms with Gasteiger partial charge in [-0.2, -0.15) is 0 Å². The lowest BCUT2D eigenvalue weighted by atomic mass is 10.2. The quantitative estimate of drug-likeness (QED) is 0.615. The lowest BCUT2D eigenvalue weighted by Gasteiger charge is -2.22. The second-order valence-corrected chi connectivity index (χ2v) is 6.28. The molecule has 0 aromatic carbocycles. The van der Waals surface area contributed by atoms with E-state index in [1.807, 2.05) is 10.8 Å². The van der Waals surface area contributed by atoms with Crippen LogP contribution in [-0.2, 0) is 6.54 Å². The summed E-state index contributed by atoms with van der Waals surface area (Å²) in [6.45, 7) is 1.20. The average molecular weight is 407 g/mol. The van der Waals surface area contributed by atoms with Crippen LogP contribution in [-0.4, -0.2) is 43.2 Å². The zero-order valence-electron chi connectivity index (χ0n) is 10.5. The Kier molecular flexibility index (Phi) is 3.72. The van der Waals surface area contributed by atoms with Crippen molar-refractivity contribution in [3.8, 4) is 0 Å². The van der Waals surface area contributed by atoms with E-state index in [0.717, 1.165) is 27.4 Å². The molecule has 1 aliphatic heterocycles. The third-order valence-electron chi connectivity index (χ3n) is 3.59. The highest BCUT2D eigenvalue weighted by molar-refractivity contribution is 14.1. The molecule has 20 heavy (non-hydrogen) atoms. The molecule has 8 heteroatoms. The van der Waals surface area contributed by atoms with E-state index in [0.29, 0.717) is 18.2 Å². The summed E-state index contributed by atoms with van der Waals surface area (Å²) in [7, 11) is 0. The van der Waals surface area contributed by atoms with E-state index in [2.05, 4.69) is 32.6 Å². The van der Waals surface area contributed by atoms with E-state index in [1.165, 1.54) is 11.2 Å². The fourth-order valence-electron chi connectivity index (χ4n) is 2.68. The second kappa shape index (κ2) is 5.36. The van der Waals surface area contributed by atoms with Gasteiger partial charge in [-0.15, -0.1) is 0 Å². The van der Waals surface area contributed by atoms with Crippen molar-refractivity contribution >= 4 is 51.3 Å². The van der Waals surface area contributed by atoms with E-state index in [-0.39, 0.29) is 6.04 Å². The summed E-state index contributed by atoms with van der Waals surface area (Å²) in [5, 5.41) is 10.5. The van der Waals surface area contributed by atoms with Crippen molar-refractivity contribution in [3.63, 3.8) is 0 Å². The molecule has 1 aliphatic rings. The SMILES string of the molecule is O=C(O)N1CCC[C@@H]1Cn1cc(I)c2c(Cl)ncnc21. The Morgan fingerprint density at radius 3 is 3.10 bits per heavy atom. The van der Waals surface area contributed by atoms with Crippen LogP contribution >= 0.6 is 34.2 Å². The molecule has 2 aromatic rings. The molecule has 1 saturated heterocycles. The van der Waals surface area contributed by atoms with E-state index >= 15 is 0 Å². The Balaban J connectivity index is 1.96. The highest BCUT2D eigenvalue weighted by Gasteiger charge is 2.29. The summed E-state index contributed by atoms with van der Waals surface area (Å²) in [5.74, 6) is 0. The van der Waals surface area contributed by atoms with Crippen LogP contribution in [0.2, 0.25) is 5.15 Å². The minimum Gasteiger partial charge on any atom is -0.465 e. The summed E-state index contributed by atoms with van der Waals surface area (Å²) >= 11 is 8.29. The fraction of sp³-hybridized carbons (Fsp3) is 0.417. The van der Waals surface area contributed by atoms with Gasteiger partial charge in [0.05, 0.1) is 11.4 Å². The van der Waals surface area contributed by atoms with Gasteiger partial charge in [-0.25, -0.2) is 14.8 Å². The first-order chi connectivity index (χ1) is 9.58. The average Bonchev–Trinajstić information content (AvgIpc) is 2.97. The molecule has 0 aliphatic carbocycles. The molecule has 1 atom stereocenters. The van der Waals surface area contributed by atoms with Gasteiger partial charge in [0.1, 0.15) is 17.1 Å². The summed E-state index contributed by atoms with van der Waals surface area (Å²) in [4.78, 5) is 21.0. The van der Waals surface area contributed by atoms with Crippen molar-refractivity contribution < 1.29 is 9.90 Å². The Labute approximate surface area is 133 Å². The number of nitrogens with zero attached hydrogens (tertiary/aromatic N) is 4. The molecule has 1 amide bonds. The van der Waals surface area contributed by atoms with Crippen molar-refractivity contribution in [1.29, 1.82) is 0 Å². The maximum atomic E-state index is 11.2. The van der Waals surface area contributed by atoms with Crippen LogP contribution in [0.4, 0.5) is 4.79 Å². The Bertz CT molecular complexity index is 675. The van der Waals surface area contributed by atoms with Crippen LogP contribution in [0.1, 0.15) is 12.8 Å². The van der Waals surface area contributed by atoms with E-state index in [4.69, 9.17) is 11.6 Å². The molecule has 2 aromatic heterocycles. The number of likely N-dealkylation sites (tertiary alicyclic amines) is 1. The van der Waals surface area contributed by atoms with Gasteiger partial charge in [0.25, 0.3) is 0 Å². The van der Waals surface area contributed by atoms with Crippen LogP contribution in [0.25, 0.3) is 11.0 Å².